The Labute approximate surface area is 170 Å². The molecule has 3 rings (SSSR count). The average molecular weight is 400 g/mol. The summed E-state index contributed by atoms with van der Waals surface area (Å²) in [6, 6.07) is 3.40. The molecule has 1 aromatic rings. The number of nitrogens with one attached hydrogen (secondary N) is 3. The van der Waals surface area contributed by atoms with Crippen LogP contribution >= 0.6 is 0 Å². The van der Waals surface area contributed by atoms with E-state index in [0.717, 1.165) is 46.5 Å². The Morgan fingerprint density at radius 3 is 2.28 bits per heavy atom. The molecule has 0 atom stereocenters. The molecular formula is C21H28N4O4. The van der Waals surface area contributed by atoms with E-state index in [4.69, 9.17) is 0 Å². The third kappa shape index (κ3) is 4.41. The minimum atomic E-state index is -0.854. The van der Waals surface area contributed by atoms with E-state index < -0.39 is 17.5 Å². The van der Waals surface area contributed by atoms with Crippen molar-refractivity contribution in [2.45, 2.75) is 58.4 Å². The van der Waals surface area contributed by atoms with Crippen molar-refractivity contribution in [3.05, 3.63) is 28.8 Å². The molecule has 156 valence electrons. The van der Waals surface area contributed by atoms with Crippen molar-refractivity contribution in [2.75, 3.05) is 18.4 Å². The molecule has 2 fully saturated rings. The van der Waals surface area contributed by atoms with Crippen molar-refractivity contribution in [1.29, 1.82) is 0 Å². The van der Waals surface area contributed by atoms with Crippen LogP contribution in [-0.4, -0.2) is 47.3 Å². The fourth-order valence-electron chi connectivity index (χ4n) is 4.25. The highest BCUT2D eigenvalue weighted by atomic mass is 16.2. The van der Waals surface area contributed by atoms with Gasteiger partial charge in [-0.1, -0.05) is 37.0 Å². The molecule has 1 saturated carbocycles. The number of benzene rings is 1. The van der Waals surface area contributed by atoms with Gasteiger partial charge in [-0.25, -0.2) is 4.79 Å². The predicted octanol–water partition coefficient (Wildman–Crippen LogP) is 1.92. The number of anilines is 1. The van der Waals surface area contributed by atoms with E-state index in [1.165, 1.54) is 0 Å². The van der Waals surface area contributed by atoms with Crippen LogP contribution in [0.25, 0.3) is 0 Å². The maximum Gasteiger partial charge on any atom is 0.325 e. The fourth-order valence-corrected chi connectivity index (χ4v) is 4.25. The normalized spacial score (nSPS) is 18.0. The molecular weight excluding hydrogens is 372 g/mol. The minimum absolute atomic E-state index is 0.236. The molecule has 0 unspecified atom stereocenters. The van der Waals surface area contributed by atoms with Gasteiger partial charge in [0.25, 0.3) is 5.91 Å². The van der Waals surface area contributed by atoms with Crippen LogP contribution in [0.15, 0.2) is 12.1 Å². The third-order valence-corrected chi connectivity index (χ3v) is 5.64. The van der Waals surface area contributed by atoms with Crippen LogP contribution in [0.5, 0.6) is 0 Å². The average Bonchev–Trinajstić information content (AvgIpc) is 2.87. The predicted molar refractivity (Wildman–Crippen MR) is 108 cm³/mol. The summed E-state index contributed by atoms with van der Waals surface area (Å²) in [5.74, 6) is -1.25. The number of imide groups is 1. The molecule has 0 aromatic heterocycles. The molecule has 2 aliphatic rings. The molecule has 3 N–H and O–H groups in total. The second-order valence-corrected chi connectivity index (χ2v) is 8.06. The quantitative estimate of drug-likeness (QED) is 0.656. The van der Waals surface area contributed by atoms with Crippen molar-refractivity contribution in [3.63, 3.8) is 0 Å². The van der Waals surface area contributed by atoms with Crippen LogP contribution in [-0.2, 0) is 14.4 Å². The second-order valence-electron chi connectivity index (χ2n) is 8.06. The van der Waals surface area contributed by atoms with Crippen LogP contribution in [0.3, 0.4) is 0 Å². The monoisotopic (exact) mass is 400 g/mol. The van der Waals surface area contributed by atoms with Gasteiger partial charge in [-0.05, 0) is 44.7 Å². The van der Waals surface area contributed by atoms with Gasteiger partial charge >= 0.3 is 6.03 Å². The first-order valence-electron chi connectivity index (χ1n) is 10.0. The Balaban J connectivity index is 1.53. The maximum absolute atomic E-state index is 12.7. The van der Waals surface area contributed by atoms with Gasteiger partial charge in [0.15, 0.2) is 0 Å². The zero-order valence-electron chi connectivity index (χ0n) is 17.2. The summed E-state index contributed by atoms with van der Waals surface area (Å²) in [5, 5.41) is 8.06. The van der Waals surface area contributed by atoms with Crippen molar-refractivity contribution in [1.82, 2.24) is 15.5 Å². The van der Waals surface area contributed by atoms with Gasteiger partial charge in [0.05, 0.1) is 6.54 Å². The van der Waals surface area contributed by atoms with Crippen molar-refractivity contribution in [2.24, 2.45) is 0 Å². The molecule has 1 aliphatic heterocycles. The summed E-state index contributed by atoms with van der Waals surface area (Å²) in [6.07, 6.45) is 4.01. The maximum atomic E-state index is 12.7. The molecule has 0 radical (unpaired) electrons. The second kappa shape index (κ2) is 8.23. The largest absolute Gasteiger partial charge is 0.345 e. The van der Waals surface area contributed by atoms with Gasteiger partial charge in [0.1, 0.15) is 12.1 Å². The lowest BCUT2D eigenvalue weighted by molar-refractivity contribution is -0.136. The van der Waals surface area contributed by atoms with E-state index in [-0.39, 0.29) is 24.9 Å². The number of hydrogen-bond acceptors (Lipinski definition) is 4. The highest BCUT2D eigenvalue weighted by molar-refractivity contribution is 6.09. The van der Waals surface area contributed by atoms with E-state index in [2.05, 4.69) is 16.0 Å². The topological polar surface area (TPSA) is 108 Å². The Morgan fingerprint density at radius 1 is 1.03 bits per heavy atom. The smallest absolute Gasteiger partial charge is 0.325 e. The summed E-state index contributed by atoms with van der Waals surface area (Å²) in [6.45, 7) is 5.18. The first-order chi connectivity index (χ1) is 13.7. The summed E-state index contributed by atoms with van der Waals surface area (Å²) in [7, 11) is 0. The number of hydrogen-bond donors (Lipinski definition) is 3. The van der Waals surface area contributed by atoms with Gasteiger partial charge in [-0.3, -0.25) is 19.3 Å². The highest BCUT2D eigenvalue weighted by Gasteiger charge is 2.51. The van der Waals surface area contributed by atoms with Gasteiger partial charge in [0, 0.05) is 5.69 Å². The lowest BCUT2D eigenvalue weighted by Crippen LogP contribution is -2.49. The van der Waals surface area contributed by atoms with Crippen LogP contribution in [0.1, 0.15) is 48.8 Å². The van der Waals surface area contributed by atoms with E-state index in [1.807, 2.05) is 32.9 Å². The van der Waals surface area contributed by atoms with Gasteiger partial charge in [-0.2, -0.15) is 0 Å². The SMILES string of the molecule is Cc1cc(C)c(NC(=O)CNC(=O)CN2C(=O)NC3(CCCCC3)C2=O)c(C)c1. The van der Waals surface area contributed by atoms with Gasteiger partial charge in [0.2, 0.25) is 11.8 Å². The molecule has 8 nitrogen and oxygen atoms in total. The lowest BCUT2D eigenvalue weighted by atomic mass is 9.82. The minimum Gasteiger partial charge on any atom is -0.345 e. The summed E-state index contributed by atoms with van der Waals surface area (Å²) in [4.78, 5) is 50.3. The summed E-state index contributed by atoms with van der Waals surface area (Å²) < 4.78 is 0. The molecule has 1 heterocycles. The molecule has 1 aromatic carbocycles. The van der Waals surface area contributed by atoms with Crippen LogP contribution in [0.4, 0.5) is 10.5 Å². The van der Waals surface area contributed by atoms with E-state index in [9.17, 15) is 19.2 Å². The summed E-state index contributed by atoms with van der Waals surface area (Å²) >= 11 is 0. The Hall–Kier alpha value is -2.90. The summed E-state index contributed by atoms with van der Waals surface area (Å²) in [5.41, 5.74) is 2.87. The van der Waals surface area contributed by atoms with Crippen molar-refractivity contribution in [3.8, 4) is 0 Å². The molecule has 1 spiro atoms. The molecule has 5 amide bonds. The van der Waals surface area contributed by atoms with E-state index in [1.54, 1.807) is 0 Å². The number of urea groups is 1. The van der Waals surface area contributed by atoms with E-state index in [0.29, 0.717) is 12.8 Å². The molecule has 1 aliphatic carbocycles. The first-order valence-corrected chi connectivity index (χ1v) is 10.0. The number of aryl methyl sites for hydroxylation is 3. The van der Waals surface area contributed by atoms with Crippen LogP contribution in [0, 0.1) is 20.8 Å². The number of carbonyl (C=O) groups is 4. The molecule has 8 heteroatoms. The van der Waals surface area contributed by atoms with Crippen molar-refractivity contribution >= 4 is 29.4 Å². The van der Waals surface area contributed by atoms with E-state index >= 15 is 0 Å². The Bertz CT molecular complexity index is 835. The highest BCUT2D eigenvalue weighted by Crippen LogP contribution is 2.33. The first kappa shape index (κ1) is 20.8. The standard InChI is InChI=1S/C21H28N4O4/c1-13-9-14(2)18(15(3)10-13)23-16(26)11-22-17(27)12-25-19(28)21(24-20(25)29)7-5-4-6-8-21/h9-10H,4-8,11-12H2,1-3H3,(H,22,27)(H,23,26)(H,24,29). The molecule has 0 bridgehead atoms. The number of amides is 5. The zero-order chi connectivity index (χ0) is 21.2. The third-order valence-electron chi connectivity index (χ3n) is 5.64. The molecule has 1 saturated heterocycles. The van der Waals surface area contributed by atoms with Crippen molar-refractivity contribution < 1.29 is 19.2 Å². The Kier molecular flexibility index (Phi) is 5.91. The zero-order valence-corrected chi connectivity index (χ0v) is 17.2. The van der Waals surface area contributed by atoms with Gasteiger partial charge in [-0.15, -0.1) is 0 Å². The van der Waals surface area contributed by atoms with Crippen LogP contribution < -0.4 is 16.0 Å². The van der Waals surface area contributed by atoms with Crippen LogP contribution in [0.2, 0.25) is 0 Å². The van der Waals surface area contributed by atoms with Gasteiger partial charge < -0.3 is 16.0 Å². The number of nitrogens with zero attached hydrogens (tertiary/aromatic N) is 1. The number of rotatable bonds is 5. The molecule has 29 heavy (non-hydrogen) atoms. The Morgan fingerprint density at radius 2 is 1.66 bits per heavy atom. The number of carbonyl (C=O) groups excluding carboxylic acids is 4. The fraction of sp³-hybridized carbons (Fsp3) is 0.524. The lowest BCUT2D eigenvalue weighted by Gasteiger charge is -2.30.